The molecule has 0 spiro atoms. The van der Waals surface area contributed by atoms with Crippen LogP contribution >= 0.6 is 23.8 Å². The molecule has 0 aromatic heterocycles. The Morgan fingerprint density at radius 1 is 1.17 bits per heavy atom. The van der Waals surface area contributed by atoms with Crippen molar-refractivity contribution < 1.29 is 14.3 Å². The van der Waals surface area contributed by atoms with Gasteiger partial charge in [0.1, 0.15) is 5.75 Å². The van der Waals surface area contributed by atoms with E-state index < -0.39 is 5.97 Å². The third-order valence-corrected chi connectivity index (χ3v) is 4.80. The maximum Gasteiger partial charge on any atom is 0.339 e. The van der Waals surface area contributed by atoms with Gasteiger partial charge in [0.05, 0.1) is 30.3 Å². The van der Waals surface area contributed by atoms with Crippen LogP contribution in [0.2, 0.25) is 5.02 Å². The zero-order chi connectivity index (χ0) is 21.4. The van der Waals surface area contributed by atoms with Crippen LogP contribution < -0.4 is 15.4 Å². The van der Waals surface area contributed by atoms with Crippen LogP contribution in [-0.2, 0) is 4.74 Å². The fourth-order valence-electron chi connectivity index (χ4n) is 2.88. The van der Waals surface area contributed by atoms with Crippen molar-refractivity contribution in [3.63, 3.8) is 0 Å². The third kappa shape index (κ3) is 6.91. The van der Waals surface area contributed by atoms with E-state index in [1.54, 1.807) is 32.2 Å². The molecule has 0 unspecified atom stereocenters. The Labute approximate surface area is 182 Å². The molecule has 0 radical (unpaired) electrons. The van der Waals surface area contributed by atoms with Crippen molar-refractivity contribution in [3.05, 3.63) is 58.6 Å². The molecule has 156 valence electrons. The topological polar surface area (TPSA) is 59.6 Å². The SMILES string of the molecule is CCOC(=O)c1cc(NC(=S)N[C@@H](CC(C)C)c2ccc(OC)cc2)ccc1Cl. The fraction of sp³-hybridized carbons (Fsp3) is 0.364. The average Bonchev–Trinajstić information content (AvgIpc) is 2.68. The maximum absolute atomic E-state index is 12.0. The molecule has 0 aliphatic heterocycles. The number of anilines is 1. The van der Waals surface area contributed by atoms with E-state index >= 15 is 0 Å². The number of methoxy groups -OCH3 is 1. The zero-order valence-corrected chi connectivity index (χ0v) is 18.7. The Bertz CT molecular complexity index is 840. The summed E-state index contributed by atoms with van der Waals surface area (Å²) in [6, 6.07) is 13.0. The lowest BCUT2D eigenvalue weighted by molar-refractivity contribution is 0.0526. The van der Waals surface area contributed by atoms with Crippen molar-refractivity contribution in [1.29, 1.82) is 0 Å². The molecule has 1 atom stereocenters. The van der Waals surface area contributed by atoms with Gasteiger partial charge in [0, 0.05) is 5.69 Å². The molecule has 2 rings (SSSR count). The molecular weight excluding hydrogens is 408 g/mol. The minimum atomic E-state index is -0.462. The van der Waals surface area contributed by atoms with Crippen molar-refractivity contribution in [2.45, 2.75) is 33.2 Å². The van der Waals surface area contributed by atoms with Gasteiger partial charge in [-0.25, -0.2) is 4.79 Å². The number of thiocarbonyl (C=S) groups is 1. The summed E-state index contributed by atoms with van der Waals surface area (Å²) in [6.07, 6.45) is 0.906. The molecule has 7 heteroatoms. The van der Waals surface area contributed by atoms with Crippen LogP contribution in [0.25, 0.3) is 0 Å². The molecule has 2 N–H and O–H groups in total. The molecule has 0 heterocycles. The predicted molar refractivity (Wildman–Crippen MR) is 122 cm³/mol. The molecule has 0 aliphatic rings. The first-order valence-electron chi connectivity index (χ1n) is 9.52. The first-order chi connectivity index (χ1) is 13.8. The largest absolute Gasteiger partial charge is 0.497 e. The lowest BCUT2D eigenvalue weighted by Gasteiger charge is -2.23. The highest BCUT2D eigenvalue weighted by Crippen LogP contribution is 2.25. The van der Waals surface area contributed by atoms with Gasteiger partial charge in [-0.05, 0) is 67.4 Å². The zero-order valence-electron chi connectivity index (χ0n) is 17.1. The van der Waals surface area contributed by atoms with Crippen LogP contribution in [-0.4, -0.2) is 24.8 Å². The van der Waals surface area contributed by atoms with Gasteiger partial charge in [0.2, 0.25) is 0 Å². The number of hydrogen-bond acceptors (Lipinski definition) is 4. The van der Waals surface area contributed by atoms with Gasteiger partial charge < -0.3 is 20.1 Å². The number of carbonyl (C=O) groups excluding carboxylic acids is 1. The lowest BCUT2D eigenvalue weighted by atomic mass is 9.97. The molecule has 5 nitrogen and oxygen atoms in total. The Hall–Kier alpha value is -2.31. The van der Waals surface area contributed by atoms with Crippen molar-refractivity contribution in [2.75, 3.05) is 19.0 Å². The normalized spacial score (nSPS) is 11.7. The molecule has 2 aromatic carbocycles. The number of ether oxygens (including phenoxy) is 2. The Kier molecular flexibility index (Phi) is 8.73. The summed E-state index contributed by atoms with van der Waals surface area (Å²) in [4.78, 5) is 12.0. The van der Waals surface area contributed by atoms with Gasteiger partial charge in [-0.2, -0.15) is 0 Å². The molecule has 2 aromatic rings. The first-order valence-corrected chi connectivity index (χ1v) is 10.3. The average molecular weight is 435 g/mol. The molecule has 0 fully saturated rings. The van der Waals surface area contributed by atoms with Gasteiger partial charge in [0.15, 0.2) is 5.11 Å². The van der Waals surface area contributed by atoms with Crippen molar-refractivity contribution in [1.82, 2.24) is 5.32 Å². The summed E-state index contributed by atoms with van der Waals surface area (Å²) < 4.78 is 10.3. The van der Waals surface area contributed by atoms with E-state index in [9.17, 15) is 4.79 Å². The van der Waals surface area contributed by atoms with Gasteiger partial charge in [-0.1, -0.05) is 37.6 Å². The van der Waals surface area contributed by atoms with Gasteiger partial charge in [-0.15, -0.1) is 0 Å². The van der Waals surface area contributed by atoms with E-state index in [-0.39, 0.29) is 12.6 Å². The predicted octanol–water partition coefficient (Wildman–Crippen LogP) is 5.60. The van der Waals surface area contributed by atoms with Crippen LogP contribution in [0, 0.1) is 5.92 Å². The molecule has 0 saturated heterocycles. The highest BCUT2D eigenvalue weighted by molar-refractivity contribution is 7.80. The standard InChI is InChI=1S/C22H27ClN2O3S/c1-5-28-21(26)18-13-16(8-11-19(18)23)24-22(29)25-20(12-14(2)3)15-6-9-17(27-4)10-7-15/h6-11,13-14,20H,5,12H2,1-4H3,(H2,24,25,29)/t20-/m0/s1. The summed E-state index contributed by atoms with van der Waals surface area (Å²) in [5, 5.41) is 7.30. The first kappa shape index (κ1) is 23.0. The molecule has 0 aliphatic carbocycles. The highest BCUT2D eigenvalue weighted by Gasteiger charge is 2.16. The van der Waals surface area contributed by atoms with Crippen molar-refractivity contribution in [2.24, 2.45) is 5.92 Å². The molecule has 0 bridgehead atoms. The van der Waals surface area contributed by atoms with Gasteiger partial charge >= 0.3 is 5.97 Å². The molecule has 29 heavy (non-hydrogen) atoms. The second kappa shape index (κ2) is 11.0. The maximum atomic E-state index is 12.0. The van der Waals surface area contributed by atoms with E-state index in [1.165, 1.54) is 0 Å². The monoisotopic (exact) mass is 434 g/mol. The van der Waals surface area contributed by atoms with Crippen LogP contribution in [0.4, 0.5) is 5.69 Å². The smallest absolute Gasteiger partial charge is 0.339 e. The van der Waals surface area contributed by atoms with Crippen molar-refractivity contribution in [3.8, 4) is 5.75 Å². The second-order valence-electron chi connectivity index (χ2n) is 6.97. The van der Waals surface area contributed by atoms with E-state index in [4.69, 9.17) is 33.3 Å². The van der Waals surface area contributed by atoms with Crippen LogP contribution in [0.5, 0.6) is 5.75 Å². The Balaban J connectivity index is 2.13. The Morgan fingerprint density at radius 2 is 1.86 bits per heavy atom. The van der Waals surface area contributed by atoms with Crippen LogP contribution in [0.3, 0.4) is 0 Å². The lowest BCUT2D eigenvalue weighted by Crippen LogP contribution is -2.33. The summed E-state index contributed by atoms with van der Waals surface area (Å²) in [6.45, 7) is 6.37. The number of halogens is 1. The van der Waals surface area contributed by atoms with E-state index in [2.05, 4.69) is 24.5 Å². The quantitative estimate of drug-likeness (QED) is 0.416. The van der Waals surface area contributed by atoms with E-state index in [0.29, 0.717) is 27.3 Å². The van der Waals surface area contributed by atoms with Crippen molar-refractivity contribution >= 4 is 40.6 Å². The molecule has 0 amide bonds. The second-order valence-corrected chi connectivity index (χ2v) is 7.78. The third-order valence-electron chi connectivity index (χ3n) is 4.25. The van der Waals surface area contributed by atoms with Gasteiger partial charge in [0.25, 0.3) is 0 Å². The summed E-state index contributed by atoms with van der Waals surface area (Å²) in [5.41, 5.74) is 2.08. The summed E-state index contributed by atoms with van der Waals surface area (Å²) in [7, 11) is 1.65. The van der Waals surface area contributed by atoms with Crippen LogP contribution in [0.15, 0.2) is 42.5 Å². The number of rotatable bonds is 8. The summed E-state index contributed by atoms with van der Waals surface area (Å²) in [5.74, 6) is 0.824. The summed E-state index contributed by atoms with van der Waals surface area (Å²) >= 11 is 11.6. The minimum absolute atomic E-state index is 0.0396. The fourth-order valence-corrected chi connectivity index (χ4v) is 3.33. The van der Waals surface area contributed by atoms with Gasteiger partial charge in [-0.3, -0.25) is 0 Å². The van der Waals surface area contributed by atoms with E-state index in [0.717, 1.165) is 17.7 Å². The minimum Gasteiger partial charge on any atom is -0.497 e. The number of carbonyl (C=O) groups is 1. The highest BCUT2D eigenvalue weighted by atomic mass is 35.5. The molecular formula is C22H27ClN2O3S. The van der Waals surface area contributed by atoms with E-state index in [1.807, 2.05) is 24.3 Å². The number of benzene rings is 2. The number of hydrogen-bond donors (Lipinski definition) is 2. The molecule has 0 saturated carbocycles. The number of esters is 1. The number of nitrogens with one attached hydrogen (secondary N) is 2. The Morgan fingerprint density at radius 3 is 2.45 bits per heavy atom. The van der Waals surface area contributed by atoms with Crippen LogP contribution in [0.1, 0.15) is 49.2 Å².